The van der Waals surface area contributed by atoms with Gasteiger partial charge < -0.3 is 15.1 Å². The van der Waals surface area contributed by atoms with E-state index in [-0.39, 0.29) is 21.8 Å². The van der Waals surface area contributed by atoms with Gasteiger partial charge in [0.15, 0.2) is 23.3 Å². The molecule has 0 unspecified atom stereocenters. The van der Waals surface area contributed by atoms with Gasteiger partial charge in [0.1, 0.15) is 34.2 Å². The van der Waals surface area contributed by atoms with E-state index < -0.39 is 5.97 Å². The summed E-state index contributed by atoms with van der Waals surface area (Å²) in [7, 11) is 0. The fraction of sp³-hybridized carbons (Fsp3) is 0.207. The minimum Gasteiger partial charge on any atom is -0.477 e. The van der Waals surface area contributed by atoms with E-state index in [0.29, 0.717) is 50.8 Å². The molecule has 0 radical (unpaired) electrons. The number of nitrogens with one attached hydrogen (secondary N) is 2. The van der Waals surface area contributed by atoms with Crippen LogP contribution < -0.4 is 0 Å². The van der Waals surface area contributed by atoms with Crippen LogP contribution in [-0.4, -0.2) is 50.9 Å². The number of aliphatic carboxylic acids is 1. The Morgan fingerprint density at radius 1 is 0.507 bits per heavy atom. The Balaban J connectivity index is 1.13. The number of thiophene rings is 2. The lowest BCUT2D eigenvalue weighted by atomic mass is 9.85. The Labute approximate surface area is 418 Å². The number of aromatic nitrogens is 8. The van der Waals surface area contributed by atoms with Crippen molar-refractivity contribution >= 4 is 91.0 Å². The van der Waals surface area contributed by atoms with Crippen LogP contribution in [0.25, 0.3) is 118 Å². The average Bonchev–Trinajstić information content (AvgIpc) is 4.19. The summed E-state index contributed by atoms with van der Waals surface area (Å²) < 4.78 is 0. The van der Waals surface area contributed by atoms with Crippen molar-refractivity contribution in [2.24, 2.45) is 0 Å². The molecular formula is C58H49N9O2S2. The summed E-state index contributed by atoms with van der Waals surface area (Å²) >= 11 is 3.07. The van der Waals surface area contributed by atoms with E-state index in [2.05, 4.69) is 169 Å². The molecule has 9 aromatic rings. The Morgan fingerprint density at radius 2 is 0.944 bits per heavy atom. The van der Waals surface area contributed by atoms with Crippen molar-refractivity contribution in [1.82, 2.24) is 39.9 Å². The van der Waals surface area contributed by atoms with E-state index >= 15 is 0 Å². The van der Waals surface area contributed by atoms with E-state index in [1.807, 2.05) is 12.1 Å². The van der Waals surface area contributed by atoms with Gasteiger partial charge in [-0.1, -0.05) is 111 Å². The van der Waals surface area contributed by atoms with E-state index in [1.165, 1.54) is 23.0 Å². The zero-order chi connectivity index (χ0) is 49.7. The first-order valence-corrected chi connectivity index (χ1v) is 25.0. The van der Waals surface area contributed by atoms with Crippen LogP contribution in [-0.2, 0) is 21.0 Å². The van der Waals surface area contributed by atoms with Crippen LogP contribution >= 0.6 is 22.7 Å². The van der Waals surface area contributed by atoms with Gasteiger partial charge in [0.2, 0.25) is 0 Å². The molecule has 0 aliphatic carbocycles. The summed E-state index contributed by atoms with van der Waals surface area (Å²) in [6.45, 7) is 19.9. The van der Waals surface area contributed by atoms with Crippen molar-refractivity contribution in [3.63, 3.8) is 0 Å². The van der Waals surface area contributed by atoms with Crippen LogP contribution in [0.5, 0.6) is 0 Å². The molecule has 11 nitrogen and oxygen atoms in total. The SMILES string of the molecule is CC(C)(C)c1ccc2c(c1)-c1nc-2nc2[nH]c(nc3nc(nc4[nH]c(n1)c1ccc(/C=C/c5ccc(-c6ccc(/C=C(/C#N)C(=O)O)s6)s5)cc41)-c1ccc(C(C)(C)C)cc1-3)c1ccc(C(C)(C)C)cc21. The van der Waals surface area contributed by atoms with Gasteiger partial charge >= 0.3 is 5.97 Å². The van der Waals surface area contributed by atoms with Crippen LogP contribution in [0, 0.1) is 11.3 Å². The van der Waals surface area contributed by atoms with Gasteiger partial charge in [0.05, 0.1) is 0 Å². The fourth-order valence-corrected chi connectivity index (χ4v) is 10.9. The second-order valence-electron chi connectivity index (χ2n) is 21.2. The lowest BCUT2D eigenvalue weighted by molar-refractivity contribution is -0.132. The minimum atomic E-state index is -1.24. The van der Waals surface area contributed by atoms with Gasteiger partial charge in [-0.2, -0.15) is 5.26 Å². The third-order valence-electron chi connectivity index (χ3n) is 13.0. The molecule has 2 aliphatic heterocycles. The number of hydrogen-bond acceptors (Lipinski definition) is 10. The molecule has 0 saturated carbocycles. The molecule has 350 valence electrons. The highest BCUT2D eigenvalue weighted by atomic mass is 32.1. The van der Waals surface area contributed by atoms with Crippen LogP contribution in [0.4, 0.5) is 0 Å². The molecule has 0 atom stereocenters. The van der Waals surface area contributed by atoms with Crippen molar-refractivity contribution < 1.29 is 9.90 Å². The number of aromatic amines is 2. The maximum atomic E-state index is 11.4. The Bertz CT molecular complexity index is 3990. The van der Waals surface area contributed by atoms with Gasteiger partial charge in [-0.3, -0.25) is 0 Å². The molecule has 13 heteroatoms. The predicted molar refractivity (Wildman–Crippen MR) is 290 cm³/mol. The van der Waals surface area contributed by atoms with Gasteiger partial charge in [0, 0.05) is 63.3 Å². The zero-order valence-corrected chi connectivity index (χ0v) is 42.4. The molecule has 11 rings (SSSR count). The number of H-pyrrole nitrogens is 2. The number of benzene rings is 4. The van der Waals surface area contributed by atoms with Crippen LogP contribution in [0.1, 0.15) is 94.3 Å². The Morgan fingerprint density at radius 3 is 1.45 bits per heavy atom. The smallest absolute Gasteiger partial charge is 0.346 e. The van der Waals surface area contributed by atoms with Gasteiger partial charge in [-0.15, -0.1) is 22.7 Å². The van der Waals surface area contributed by atoms with Crippen molar-refractivity contribution in [1.29, 1.82) is 5.26 Å². The largest absolute Gasteiger partial charge is 0.477 e. The number of carboxylic acid groups (broad SMARTS) is 1. The molecule has 4 aromatic carbocycles. The maximum Gasteiger partial charge on any atom is 0.346 e. The molecule has 2 aliphatic rings. The number of hydrogen-bond donors (Lipinski definition) is 3. The van der Waals surface area contributed by atoms with E-state index in [1.54, 1.807) is 17.4 Å². The second-order valence-corrected chi connectivity index (χ2v) is 23.4. The van der Waals surface area contributed by atoms with Crippen molar-refractivity contribution in [3.8, 4) is 61.4 Å². The number of carboxylic acids is 1. The molecule has 0 saturated heterocycles. The molecule has 5 aromatic heterocycles. The first-order valence-electron chi connectivity index (χ1n) is 23.4. The fourth-order valence-electron chi connectivity index (χ4n) is 8.92. The summed E-state index contributed by atoms with van der Waals surface area (Å²) in [6.07, 6.45) is 5.58. The monoisotopic (exact) mass is 967 g/mol. The zero-order valence-electron chi connectivity index (χ0n) is 40.8. The molecule has 8 bridgehead atoms. The standard InChI is InChI=1S/C58H49N9O2S2/c1-56(2,3)32-12-19-38-42(26-32)53-63-48(38)61-51-41-24-30(10-15-35-16-22-45(70-35)46-23-17-36(71-46)25-31(29-59)55(68)69)11-18-37(41)47(60-51)62-52-43-27-33(57(4,5)6)13-20-39(43)49(64-52)66-54-44-28-34(58(7,8)9)14-21-40(44)50(65-53)67-54/h10-28H,1-9H3,(H,68,69)(H2,60,61,62,63,64,65,66,67)/b15-10+,31-25-. The Kier molecular flexibility index (Phi) is 10.6. The summed E-state index contributed by atoms with van der Waals surface area (Å²) in [4.78, 5) is 54.2. The highest BCUT2D eigenvalue weighted by Gasteiger charge is 2.27. The topological polar surface area (TPSA) is 170 Å². The van der Waals surface area contributed by atoms with Crippen molar-refractivity contribution in [2.45, 2.75) is 78.6 Å². The third-order valence-corrected chi connectivity index (χ3v) is 15.3. The van der Waals surface area contributed by atoms with Gasteiger partial charge in [0.25, 0.3) is 0 Å². The van der Waals surface area contributed by atoms with Gasteiger partial charge in [-0.25, -0.2) is 34.7 Å². The quantitative estimate of drug-likeness (QED) is 0.112. The lowest BCUT2D eigenvalue weighted by Gasteiger charge is -2.19. The summed E-state index contributed by atoms with van der Waals surface area (Å²) in [5.74, 6) is 0.965. The van der Waals surface area contributed by atoms with Crippen molar-refractivity contribution in [3.05, 3.63) is 135 Å². The highest BCUT2D eigenvalue weighted by Crippen LogP contribution is 2.41. The summed E-state index contributed by atoms with van der Waals surface area (Å²) in [5, 5.41) is 22.2. The summed E-state index contributed by atoms with van der Waals surface area (Å²) in [5.41, 5.74) is 9.93. The minimum absolute atomic E-state index is 0.102. The van der Waals surface area contributed by atoms with Gasteiger partial charge in [-0.05, 0) is 105 Å². The molecule has 3 N–H and O–H groups in total. The average molecular weight is 968 g/mol. The molecule has 0 spiro atoms. The number of carbonyl (C=O) groups is 1. The Hall–Kier alpha value is -7.92. The third kappa shape index (κ3) is 8.43. The first-order chi connectivity index (χ1) is 33.8. The molecule has 0 fully saturated rings. The van der Waals surface area contributed by atoms with Crippen LogP contribution in [0.2, 0.25) is 0 Å². The first kappa shape index (κ1) is 45.5. The second kappa shape index (κ2) is 16.6. The van der Waals surface area contributed by atoms with Crippen LogP contribution in [0.15, 0.2) is 103 Å². The summed E-state index contributed by atoms with van der Waals surface area (Å²) in [6, 6.07) is 35.4. The van der Waals surface area contributed by atoms with E-state index in [0.717, 1.165) is 75.1 Å². The molecule has 7 heterocycles. The number of nitriles is 1. The highest BCUT2D eigenvalue weighted by molar-refractivity contribution is 7.23. The van der Waals surface area contributed by atoms with E-state index in [9.17, 15) is 15.2 Å². The van der Waals surface area contributed by atoms with Crippen molar-refractivity contribution in [2.75, 3.05) is 0 Å². The molecule has 0 amide bonds. The number of rotatable bonds is 5. The maximum absolute atomic E-state index is 11.4. The number of nitrogens with zero attached hydrogens (tertiary/aromatic N) is 7. The lowest BCUT2D eigenvalue weighted by Crippen LogP contribution is -2.10. The predicted octanol–water partition coefficient (Wildman–Crippen LogP) is 14.7. The molecule has 71 heavy (non-hydrogen) atoms. The number of fused-ring (bicyclic) bond motifs is 20. The van der Waals surface area contributed by atoms with Crippen LogP contribution in [0.3, 0.4) is 0 Å². The molecular weight excluding hydrogens is 919 g/mol. The normalized spacial score (nSPS) is 13.0. The van der Waals surface area contributed by atoms with E-state index in [4.69, 9.17) is 29.9 Å².